The first-order valence-electron chi connectivity index (χ1n) is 6.03. The van der Waals surface area contributed by atoms with Crippen LogP contribution in [0.25, 0.3) is 0 Å². The highest BCUT2D eigenvalue weighted by Crippen LogP contribution is 2.30. The molecule has 1 aromatic heterocycles. The van der Waals surface area contributed by atoms with Gasteiger partial charge in [-0.05, 0) is 32.9 Å². The van der Waals surface area contributed by atoms with E-state index in [9.17, 15) is 14.5 Å². The minimum atomic E-state index is -0.646. The number of aromatic nitrogens is 1. The van der Waals surface area contributed by atoms with Crippen LogP contribution in [0.2, 0.25) is 0 Å². The molecule has 1 heterocycles. The standard InChI is InChI=1S/C13H14FN3O3/c1-7(13-8(2)16-20-9(13)3)15-11-5-4-10(14)6-12(11)17(18)19/h4-7,15H,1-3H3. The molecule has 106 valence electrons. The lowest BCUT2D eigenvalue weighted by Crippen LogP contribution is -2.10. The molecule has 0 aliphatic carbocycles. The number of rotatable bonds is 4. The number of halogens is 1. The highest BCUT2D eigenvalue weighted by atomic mass is 19.1. The van der Waals surface area contributed by atoms with Crippen LogP contribution in [0.1, 0.15) is 30.0 Å². The summed E-state index contributed by atoms with van der Waals surface area (Å²) in [5.41, 5.74) is 1.50. The molecule has 2 rings (SSSR count). The maximum Gasteiger partial charge on any atom is 0.295 e. The number of hydrogen-bond donors (Lipinski definition) is 1. The van der Waals surface area contributed by atoms with Crippen molar-refractivity contribution < 1.29 is 13.8 Å². The Kier molecular flexibility index (Phi) is 3.69. The fraction of sp³-hybridized carbons (Fsp3) is 0.308. The fourth-order valence-electron chi connectivity index (χ4n) is 2.19. The summed E-state index contributed by atoms with van der Waals surface area (Å²) in [6, 6.07) is 3.17. The molecular weight excluding hydrogens is 265 g/mol. The Morgan fingerprint density at radius 1 is 1.45 bits per heavy atom. The van der Waals surface area contributed by atoms with Crippen molar-refractivity contribution in [3.63, 3.8) is 0 Å². The molecule has 1 atom stereocenters. The molecule has 6 nitrogen and oxygen atoms in total. The predicted octanol–water partition coefficient (Wildman–Crippen LogP) is 3.51. The first kappa shape index (κ1) is 14.0. The Hall–Kier alpha value is -2.44. The van der Waals surface area contributed by atoms with Crippen molar-refractivity contribution in [1.82, 2.24) is 5.16 Å². The van der Waals surface area contributed by atoms with E-state index >= 15 is 0 Å². The average molecular weight is 279 g/mol. The van der Waals surface area contributed by atoms with Gasteiger partial charge >= 0.3 is 0 Å². The summed E-state index contributed by atoms with van der Waals surface area (Å²) in [5, 5.41) is 17.8. The number of nitrogens with zero attached hydrogens (tertiary/aromatic N) is 2. The summed E-state index contributed by atoms with van der Waals surface area (Å²) < 4.78 is 18.2. The number of nitro benzene ring substituents is 1. The lowest BCUT2D eigenvalue weighted by atomic mass is 10.1. The second kappa shape index (κ2) is 5.28. The molecule has 0 amide bonds. The zero-order valence-corrected chi connectivity index (χ0v) is 11.3. The number of aryl methyl sites for hydroxylation is 2. The van der Waals surface area contributed by atoms with Crippen LogP contribution in [-0.4, -0.2) is 10.1 Å². The first-order valence-corrected chi connectivity index (χ1v) is 6.03. The molecule has 20 heavy (non-hydrogen) atoms. The van der Waals surface area contributed by atoms with E-state index in [0.717, 1.165) is 11.6 Å². The van der Waals surface area contributed by atoms with Crippen molar-refractivity contribution in [3.8, 4) is 0 Å². The third-order valence-electron chi connectivity index (χ3n) is 3.05. The molecule has 0 spiro atoms. The molecule has 0 radical (unpaired) electrons. The number of nitrogens with one attached hydrogen (secondary N) is 1. The van der Waals surface area contributed by atoms with Gasteiger partial charge < -0.3 is 9.84 Å². The minimum absolute atomic E-state index is 0.245. The first-order chi connectivity index (χ1) is 9.40. The van der Waals surface area contributed by atoms with Crippen LogP contribution in [0, 0.1) is 29.8 Å². The predicted molar refractivity (Wildman–Crippen MR) is 71.1 cm³/mol. The van der Waals surface area contributed by atoms with E-state index in [2.05, 4.69) is 10.5 Å². The highest BCUT2D eigenvalue weighted by molar-refractivity contribution is 5.62. The van der Waals surface area contributed by atoms with Crippen LogP contribution in [0.4, 0.5) is 15.8 Å². The minimum Gasteiger partial charge on any atom is -0.373 e. The Labute approximate surface area is 114 Å². The van der Waals surface area contributed by atoms with Crippen molar-refractivity contribution in [2.24, 2.45) is 0 Å². The van der Waals surface area contributed by atoms with E-state index in [1.54, 1.807) is 13.8 Å². The molecule has 2 aromatic rings. The summed E-state index contributed by atoms with van der Waals surface area (Å²) in [6.07, 6.45) is 0. The molecule has 0 aliphatic rings. The second-order valence-corrected chi connectivity index (χ2v) is 4.52. The summed E-state index contributed by atoms with van der Waals surface area (Å²) in [4.78, 5) is 10.3. The van der Waals surface area contributed by atoms with Crippen LogP contribution in [-0.2, 0) is 0 Å². The molecular formula is C13H14FN3O3. The van der Waals surface area contributed by atoms with Gasteiger partial charge in [-0.1, -0.05) is 5.16 Å². The Morgan fingerprint density at radius 3 is 2.70 bits per heavy atom. The van der Waals surface area contributed by atoms with Crippen LogP contribution >= 0.6 is 0 Å². The summed E-state index contributed by atoms with van der Waals surface area (Å²) in [7, 11) is 0. The maximum absolute atomic E-state index is 13.1. The third kappa shape index (κ3) is 2.61. The molecule has 1 aromatic carbocycles. The Bertz CT molecular complexity index is 635. The SMILES string of the molecule is Cc1noc(C)c1C(C)Nc1ccc(F)cc1[N+](=O)[O-]. The molecule has 0 bridgehead atoms. The van der Waals surface area contributed by atoms with Gasteiger partial charge in [0.15, 0.2) is 0 Å². The normalized spacial score (nSPS) is 12.2. The van der Waals surface area contributed by atoms with E-state index < -0.39 is 10.7 Å². The summed E-state index contributed by atoms with van der Waals surface area (Å²) in [6.45, 7) is 5.40. The fourth-order valence-corrected chi connectivity index (χ4v) is 2.19. The van der Waals surface area contributed by atoms with Crippen LogP contribution in [0.15, 0.2) is 22.7 Å². The van der Waals surface area contributed by atoms with Crippen molar-refractivity contribution >= 4 is 11.4 Å². The quantitative estimate of drug-likeness (QED) is 0.684. The van der Waals surface area contributed by atoms with Gasteiger partial charge in [-0.3, -0.25) is 10.1 Å². The highest BCUT2D eigenvalue weighted by Gasteiger charge is 2.21. The maximum atomic E-state index is 13.1. The van der Waals surface area contributed by atoms with Gasteiger partial charge in [-0.15, -0.1) is 0 Å². The molecule has 0 fully saturated rings. The van der Waals surface area contributed by atoms with Gasteiger partial charge in [0.25, 0.3) is 5.69 Å². The smallest absolute Gasteiger partial charge is 0.295 e. The number of nitro groups is 1. The van der Waals surface area contributed by atoms with E-state index in [1.807, 2.05) is 6.92 Å². The number of hydrogen-bond acceptors (Lipinski definition) is 5. The Morgan fingerprint density at radius 2 is 2.15 bits per heavy atom. The van der Waals surface area contributed by atoms with Crippen molar-refractivity contribution in [2.75, 3.05) is 5.32 Å². The van der Waals surface area contributed by atoms with Gasteiger partial charge in [0, 0.05) is 5.56 Å². The van der Waals surface area contributed by atoms with Crippen molar-refractivity contribution in [1.29, 1.82) is 0 Å². The van der Waals surface area contributed by atoms with E-state index in [0.29, 0.717) is 11.5 Å². The molecule has 0 saturated carbocycles. The van der Waals surface area contributed by atoms with E-state index in [1.165, 1.54) is 12.1 Å². The molecule has 0 saturated heterocycles. The number of anilines is 1. The molecule has 7 heteroatoms. The average Bonchev–Trinajstić information content (AvgIpc) is 2.71. The topological polar surface area (TPSA) is 81.2 Å². The Balaban J connectivity index is 2.33. The zero-order valence-electron chi connectivity index (χ0n) is 11.3. The van der Waals surface area contributed by atoms with Crippen LogP contribution in [0.3, 0.4) is 0 Å². The lowest BCUT2D eigenvalue weighted by Gasteiger charge is -2.15. The van der Waals surface area contributed by atoms with Crippen molar-refractivity contribution in [3.05, 3.63) is 51.1 Å². The van der Waals surface area contributed by atoms with Gasteiger partial charge in [-0.2, -0.15) is 0 Å². The summed E-state index contributed by atoms with van der Waals surface area (Å²) in [5.74, 6) is -0.000457. The summed E-state index contributed by atoms with van der Waals surface area (Å²) >= 11 is 0. The van der Waals surface area contributed by atoms with Gasteiger partial charge in [-0.25, -0.2) is 4.39 Å². The van der Waals surface area contributed by atoms with Gasteiger partial charge in [0.05, 0.1) is 22.7 Å². The van der Waals surface area contributed by atoms with E-state index in [-0.39, 0.29) is 17.4 Å². The van der Waals surface area contributed by atoms with Gasteiger partial charge in [0.1, 0.15) is 17.3 Å². The molecule has 0 aliphatic heterocycles. The van der Waals surface area contributed by atoms with E-state index in [4.69, 9.17) is 4.52 Å². The van der Waals surface area contributed by atoms with Gasteiger partial charge in [0.2, 0.25) is 0 Å². The zero-order chi connectivity index (χ0) is 14.9. The third-order valence-corrected chi connectivity index (χ3v) is 3.05. The van der Waals surface area contributed by atoms with Crippen molar-refractivity contribution in [2.45, 2.75) is 26.8 Å². The second-order valence-electron chi connectivity index (χ2n) is 4.52. The molecule has 1 N–H and O–H groups in total. The van der Waals surface area contributed by atoms with Crippen LogP contribution < -0.4 is 5.32 Å². The largest absolute Gasteiger partial charge is 0.373 e. The van der Waals surface area contributed by atoms with Crippen LogP contribution in [0.5, 0.6) is 0 Å². The monoisotopic (exact) mass is 279 g/mol. The lowest BCUT2D eigenvalue weighted by molar-refractivity contribution is -0.384. The number of benzene rings is 1. The molecule has 1 unspecified atom stereocenters.